The Kier molecular flexibility index (Phi) is 5.60. The van der Waals surface area contributed by atoms with Crippen LogP contribution < -0.4 is 0 Å². The van der Waals surface area contributed by atoms with Crippen LogP contribution in [0.1, 0.15) is 76.3 Å². The normalized spacial score (nSPS) is 11.8. The molecule has 2 aromatic carbocycles. The van der Waals surface area contributed by atoms with Gasteiger partial charge in [-0.2, -0.15) is 0 Å². The zero-order chi connectivity index (χ0) is 18.7. The Hall–Kier alpha value is -2.36. The van der Waals surface area contributed by atoms with E-state index in [1.54, 1.807) is 4.80 Å². The van der Waals surface area contributed by atoms with Crippen molar-refractivity contribution in [1.29, 1.82) is 0 Å². The molecule has 0 fully saturated rings. The summed E-state index contributed by atoms with van der Waals surface area (Å²) in [5.41, 5.74) is 4.65. The minimum Gasteiger partial charge on any atom is -0.505 e. The second kappa shape index (κ2) is 7.90. The van der Waals surface area contributed by atoms with Crippen molar-refractivity contribution >= 4 is 11.0 Å². The van der Waals surface area contributed by atoms with E-state index < -0.39 is 0 Å². The maximum atomic E-state index is 11.1. The first-order chi connectivity index (χ1) is 12.6. The van der Waals surface area contributed by atoms with Gasteiger partial charge in [-0.3, -0.25) is 0 Å². The van der Waals surface area contributed by atoms with Gasteiger partial charge in [0.2, 0.25) is 0 Å². The van der Waals surface area contributed by atoms with E-state index in [4.69, 9.17) is 0 Å². The molecular weight excluding hydrogens is 322 g/mol. The molecule has 3 rings (SSSR count). The third kappa shape index (κ3) is 3.33. The van der Waals surface area contributed by atoms with Gasteiger partial charge in [0.1, 0.15) is 22.5 Å². The molecule has 1 N–H and O–H groups in total. The molecule has 1 heterocycles. The standard InChI is InChI=1S/C22H29N3O/c1-5-15(6-2)17-13-18(16(7-3)8-4)22(26)21(14-17)25-23-19-11-9-10-12-20(19)24-25/h9-16,26H,5-8H2,1-4H3. The lowest BCUT2D eigenvalue weighted by Gasteiger charge is -2.21. The van der Waals surface area contributed by atoms with Crippen molar-refractivity contribution in [2.45, 2.75) is 65.2 Å². The predicted octanol–water partition coefficient (Wildman–Crippen LogP) is 5.93. The smallest absolute Gasteiger partial charge is 0.146 e. The molecule has 1 aromatic heterocycles. The summed E-state index contributed by atoms with van der Waals surface area (Å²) >= 11 is 0. The van der Waals surface area contributed by atoms with Gasteiger partial charge >= 0.3 is 0 Å². The Balaban J connectivity index is 2.21. The second-order valence-electron chi connectivity index (χ2n) is 6.98. The Labute approximate surface area is 155 Å². The Morgan fingerprint density at radius 2 is 1.38 bits per heavy atom. The van der Waals surface area contributed by atoms with Gasteiger partial charge in [-0.15, -0.1) is 15.0 Å². The molecule has 0 atom stereocenters. The topological polar surface area (TPSA) is 50.9 Å². The molecule has 0 saturated carbocycles. The van der Waals surface area contributed by atoms with Crippen LogP contribution >= 0.6 is 0 Å². The van der Waals surface area contributed by atoms with Crippen molar-refractivity contribution in [3.63, 3.8) is 0 Å². The number of hydrogen-bond acceptors (Lipinski definition) is 3. The number of hydrogen-bond donors (Lipinski definition) is 1. The van der Waals surface area contributed by atoms with Gasteiger partial charge in [0.25, 0.3) is 0 Å². The molecule has 0 aliphatic carbocycles. The molecule has 0 spiro atoms. The first-order valence-corrected chi connectivity index (χ1v) is 9.82. The largest absolute Gasteiger partial charge is 0.505 e. The molecule has 0 aliphatic heterocycles. The summed E-state index contributed by atoms with van der Waals surface area (Å²) in [5, 5.41) is 20.2. The van der Waals surface area contributed by atoms with Crippen molar-refractivity contribution in [1.82, 2.24) is 15.0 Å². The Bertz CT molecular complexity index is 843. The summed E-state index contributed by atoms with van der Waals surface area (Å²) in [6.07, 6.45) is 4.17. The van der Waals surface area contributed by atoms with Gasteiger partial charge in [-0.25, -0.2) is 0 Å². The zero-order valence-electron chi connectivity index (χ0n) is 16.2. The first-order valence-electron chi connectivity index (χ1n) is 9.82. The molecule has 138 valence electrons. The molecule has 0 amide bonds. The van der Waals surface area contributed by atoms with Gasteiger partial charge in [0.05, 0.1) is 0 Å². The zero-order valence-corrected chi connectivity index (χ0v) is 16.2. The van der Waals surface area contributed by atoms with Crippen molar-refractivity contribution in [2.75, 3.05) is 0 Å². The fraction of sp³-hybridized carbons (Fsp3) is 0.455. The van der Waals surface area contributed by atoms with Crippen LogP contribution in [-0.2, 0) is 0 Å². The number of aromatic hydroxyl groups is 1. The molecule has 0 radical (unpaired) electrons. The monoisotopic (exact) mass is 351 g/mol. The van der Waals surface area contributed by atoms with Crippen molar-refractivity contribution < 1.29 is 5.11 Å². The molecule has 26 heavy (non-hydrogen) atoms. The number of phenolic OH excluding ortho intramolecular Hbond substituents is 1. The molecule has 3 aromatic rings. The molecule has 4 nitrogen and oxygen atoms in total. The lowest BCUT2D eigenvalue weighted by Crippen LogP contribution is -2.07. The molecular formula is C22H29N3O. The SMILES string of the molecule is CCC(CC)c1cc(C(CC)CC)c(O)c(-n2nc3ccccc3n2)c1. The van der Waals surface area contributed by atoms with E-state index in [0.717, 1.165) is 42.3 Å². The van der Waals surface area contributed by atoms with Gasteiger partial charge in [-0.1, -0.05) is 45.9 Å². The average Bonchev–Trinajstić information content (AvgIpc) is 3.09. The maximum absolute atomic E-state index is 11.1. The Morgan fingerprint density at radius 1 is 0.846 bits per heavy atom. The van der Waals surface area contributed by atoms with E-state index in [9.17, 15) is 5.11 Å². The van der Waals surface area contributed by atoms with Crippen LogP contribution in [0.25, 0.3) is 16.7 Å². The molecule has 0 bridgehead atoms. The van der Waals surface area contributed by atoms with Crippen molar-refractivity contribution in [3.8, 4) is 11.4 Å². The fourth-order valence-corrected chi connectivity index (χ4v) is 3.82. The lowest BCUT2D eigenvalue weighted by molar-refractivity contribution is 0.449. The van der Waals surface area contributed by atoms with Gasteiger partial charge in [0, 0.05) is 0 Å². The minimum absolute atomic E-state index is 0.314. The molecule has 0 aliphatic rings. The van der Waals surface area contributed by atoms with Crippen molar-refractivity contribution in [2.24, 2.45) is 0 Å². The van der Waals surface area contributed by atoms with E-state index in [0.29, 0.717) is 23.3 Å². The van der Waals surface area contributed by atoms with Crippen LogP contribution in [0.5, 0.6) is 5.75 Å². The third-order valence-electron chi connectivity index (χ3n) is 5.53. The maximum Gasteiger partial charge on any atom is 0.146 e. The van der Waals surface area contributed by atoms with Crippen LogP contribution in [0.4, 0.5) is 0 Å². The summed E-state index contributed by atoms with van der Waals surface area (Å²) in [7, 11) is 0. The first kappa shape index (κ1) is 18.4. The number of fused-ring (bicyclic) bond motifs is 1. The summed E-state index contributed by atoms with van der Waals surface area (Å²) in [4.78, 5) is 1.60. The van der Waals surface area contributed by atoms with Crippen LogP contribution in [-0.4, -0.2) is 20.1 Å². The predicted molar refractivity (Wildman–Crippen MR) is 107 cm³/mol. The highest BCUT2D eigenvalue weighted by molar-refractivity contribution is 5.73. The second-order valence-corrected chi connectivity index (χ2v) is 6.98. The molecule has 0 unspecified atom stereocenters. The van der Waals surface area contributed by atoms with E-state index in [1.807, 2.05) is 24.3 Å². The molecule has 4 heteroatoms. The van der Waals surface area contributed by atoms with Gasteiger partial charge in [-0.05, 0) is 66.8 Å². The summed E-state index contributed by atoms with van der Waals surface area (Å²) in [6.45, 7) is 8.80. The number of rotatable bonds is 7. The summed E-state index contributed by atoms with van der Waals surface area (Å²) in [5.74, 6) is 1.13. The lowest BCUT2D eigenvalue weighted by atomic mass is 9.86. The van der Waals surface area contributed by atoms with Crippen LogP contribution in [0, 0.1) is 0 Å². The highest BCUT2D eigenvalue weighted by Crippen LogP contribution is 2.39. The quantitative estimate of drug-likeness (QED) is 0.573. The van der Waals surface area contributed by atoms with E-state index in [2.05, 4.69) is 50.0 Å². The summed E-state index contributed by atoms with van der Waals surface area (Å²) < 4.78 is 0. The number of aromatic nitrogens is 3. The van der Waals surface area contributed by atoms with Gasteiger partial charge < -0.3 is 5.11 Å². The minimum atomic E-state index is 0.314. The molecule has 0 saturated heterocycles. The third-order valence-corrected chi connectivity index (χ3v) is 5.53. The van der Waals surface area contributed by atoms with E-state index >= 15 is 0 Å². The van der Waals surface area contributed by atoms with Crippen LogP contribution in [0.2, 0.25) is 0 Å². The average molecular weight is 351 g/mol. The number of benzene rings is 2. The van der Waals surface area contributed by atoms with E-state index in [1.165, 1.54) is 5.56 Å². The van der Waals surface area contributed by atoms with Crippen molar-refractivity contribution in [3.05, 3.63) is 47.5 Å². The Morgan fingerprint density at radius 3 is 1.88 bits per heavy atom. The van der Waals surface area contributed by atoms with Crippen LogP contribution in [0.15, 0.2) is 36.4 Å². The highest BCUT2D eigenvalue weighted by atomic mass is 16.3. The highest BCUT2D eigenvalue weighted by Gasteiger charge is 2.21. The number of nitrogens with zero attached hydrogens (tertiary/aromatic N) is 3. The number of phenols is 1. The van der Waals surface area contributed by atoms with Gasteiger partial charge in [0.15, 0.2) is 0 Å². The summed E-state index contributed by atoms with van der Waals surface area (Å²) in [6, 6.07) is 12.1. The van der Waals surface area contributed by atoms with Crippen LogP contribution in [0.3, 0.4) is 0 Å². The fourth-order valence-electron chi connectivity index (χ4n) is 3.82. The van der Waals surface area contributed by atoms with E-state index in [-0.39, 0.29) is 0 Å².